The normalized spacial score (nSPS) is 11.0. The molecule has 0 spiro atoms. The monoisotopic (exact) mass is 348 g/mol. The first-order valence-corrected chi connectivity index (χ1v) is 8.26. The van der Waals surface area contributed by atoms with Crippen molar-refractivity contribution in [2.75, 3.05) is 14.1 Å². The topological polar surface area (TPSA) is 78.1 Å². The van der Waals surface area contributed by atoms with Gasteiger partial charge in [-0.3, -0.25) is 9.59 Å². The van der Waals surface area contributed by atoms with Crippen LogP contribution in [0.4, 0.5) is 0 Å². The Balaban J connectivity index is 1.63. The third-order valence-electron chi connectivity index (χ3n) is 4.02. The smallest absolute Gasteiger partial charge is 0.251 e. The van der Waals surface area contributed by atoms with Gasteiger partial charge < -0.3 is 15.2 Å². The highest BCUT2D eigenvalue weighted by Gasteiger charge is 2.09. The standard InChI is InChI=1S/C20H20N4O2/c1-21-20(26)15-10-7-14(8-11-15)9-12-19(25)24(2)13-18-22-16-5-3-4-6-17(16)23-18/h3-12H,13H2,1-2H3,(H,21,26)(H,22,23). The number of carbonyl (C=O) groups is 2. The number of aromatic amines is 1. The van der Waals surface area contributed by atoms with E-state index >= 15 is 0 Å². The summed E-state index contributed by atoms with van der Waals surface area (Å²) in [4.78, 5) is 33.1. The Hall–Kier alpha value is -3.41. The van der Waals surface area contributed by atoms with E-state index in [0.29, 0.717) is 12.1 Å². The van der Waals surface area contributed by atoms with Crippen LogP contribution in [0.15, 0.2) is 54.6 Å². The van der Waals surface area contributed by atoms with Gasteiger partial charge in [0.1, 0.15) is 5.82 Å². The fourth-order valence-electron chi connectivity index (χ4n) is 2.57. The van der Waals surface area contributed by atoms with E-state index in [1.807, 2.05) is 24.3 Å². The molecule has 26 heavy (non-hydrogen) atoms. The number of amides is 2. The summed E-state index contributed by atoms with van der Waals surface area (Å²) in [5, 5.41) is 2.57. The molecule has 2 amide bonds. The van der Waals surface area contributed by atoms with Gasteiger partial charge in [-0.05, 0) is 35.9 Å². The Labute approximate surface area is 151 Å². The van der Waals surface area contributed by atoms with Crippen molar-refractivity contribution in [2.45, 2.75) is 6.54 Å². The second-order valence-corrected chi connectivity index (χ2v) is 5.93. The quantitative estimate of drug-likeness (QED) is 0.696. The maximum absolute atomic E-state index is 12.3. The number of benzene rings is 2. The van der Waals surface area contributed by atoms with Crippen LogP contribution in [0.25, 0.3) is 17.1 Å². The summed E-state index contributed by atoms with van der Waals surface area (Å²) < 4.78 is 0. The van der Waals surface area contributed by atoms with Gasteiger partial charge in [0.15, 0.2) is 0 Å². The van der Waals surface area contributed by atoms with Crippen molar-refractivity contribution >= 4 is 28.9 Å². The van der Waals surface area contributed by atoms with Crippen molar-refractivity contribution in [2.24, 2.45) is 0 Å². The van der Waals surface area contributed by atoms with Crippen molar-refractivity contribution in [1.82, 2.24) is 20.2 Å². The van der Waals surface area contributed by atoms with Crippen LogP contribution in [0, 0.1) is 0 Å². The molecule has 0 saturated carbocycles. The fraction of sp³-hybridized carbons (Fsp3) is 0.150. The predicted molar refractivity (Wildman–Crippen MR) is 101 cm³/mol. The third-order valence-corrected chi connectivity index (χ3v) is 4.02. The van der Waals surface area contributed by atoms with E-state index in [2.05, 4.69) is 15.3 Å². The van der Waals surface area contributed by atoms with E-state index in [1.165, 1.54) is 6.08 Å². The molecule has 0 saturated heterocycles. The van der Waals surface area contributed by atoms with Gasteiger partial charge in [-0.25, -0.2) is 4.98 Å². The summed E-state index contributed by atoms with van der Waals surface area (Å²) in [6.45, 7) is 0.396. The Kier molecular flexibility index (Phi) is 5.12. The van der Waals surface area contributed by atoms with Gasteiger partial charge in [-0.2, -0.15) is 0 Å². The lowest BCUT2D eigenvalue weighted by Crippen LogP contribution is -2.24. The third kappa shape index (κ3) is 3.97. The maximum atomic E-state index is 12.3. The number of hydrogen-bond acceptors (Lipinski definition) is 3. The van der Waals surface area contributed by atoms with E-state index in [0.717, 1.165) is 22.4 Å². The lowest BCUT2D eigenvalue weighted by atomic mass is 10.1. The minimum atomic E-state index is -0.137. The molecule has 1 aromatic heterocycles. The summed E-state index contributed by atoms with van der Waals surface area (Å²) in [5.41, 5.74) is 3.27. The number of hydrogen-bond donors (Lipinski definition) is 2. The van der Waals surface area contributed by atoms with Crippen LogP contribution in [-0.2, 0) is 11.3 Å². The van der Waals surface area contributed by atoms with E-state index in [4.69, 9.17) is 0 Å². The first kappa shape index (κ1) is 17.4. The van der Waals surface area contributed by atoms with Crippen LogP contribution < -0.4 is 5.32 Å². The zero-order valence-electron chi connectivity index (χ0n) is 14.7. The molecule has 132 valence electrons. The first-order valence-electron chi connectivity index (χ1n) is 8.26. The van der Waals surface area contributed by atoms with E-state index in [9.17, 15) is 9.59 Å². The average Bonchev–Trinajstić information content (AvgIpc) is 3.08. The van der Waals surface area contributed by atoms with Crippen LogP contribution in [0.2, 0.25) is 0 Å². The highest BCUT2D eigenvalue weighted by Crippen LogP contribution is 2.12. The number of nitrogens with zero attached hydrogens (tertiary/aromatic N) is 2. The molecule has 0 aliphatic carbocycles. The van der Waals surface area contributed by atoms with Gasteiger partial charge in [-0.1, -0.05) is 24.3 Å². The summed E-state index contributed by atoms with van der Waals surface area (Å²) in [5.74, 6) is 0.480. The van der Waals surface area contributed by atoms with Gasteiger partial charge >= 0.3 is 0 Å². The van der Waals surface area contributed by atoms with Crippen LogP contribution in [0.3, 0.4) is 0 Å². The van der Waals surface area contributed by atoms with Gasteiger partial charge in [-0.15, -0.1) is 0 Å². The van der Waals surface area contributed by atoms with E-state index < -0.39 is 0 Å². The molecule has 0 radical (unpaired) electrons. The second kappa shape index (κ2) is 7.65. The summed E-state index contributed by atoms with van der Waals surface area (Å²) >= 11 is 0. The highest BCUT2D eigenvalue weighted by molar-refractivity contribution is 5.94. The minimum absolute atomic E-state index is 0.124. The number of aromatic nitrogens is 2. The van der Waals surface area contributed by atoms with Crippen molar-refractivity contribution < 1.29 is 9.59 Å². The molecule has 0 fully saturated rings. The number of carbonyl (C=O) groups excluding carboxylic acids is 2. The number of rotatable bonds is 5. The van der Waals surface area contributed by atoms with E-state index in [1.54, 1.807) is 49.3 Å². The molecule has 0 aliphatic rings. The second-order valence-electron chi connectivity index (χ2n) is 5.93. The predicted octanol–water partition coefficient (Wildman–Crippen LogP) is 2.59. The zero-order valence-corrected chi connectivity index (χ0v) is 14.7. The highest BCUT2D eigenvalue weighted by atomic mass is 16.2. The number of para-hydroxylation sites is 2. The molecule has 3 rings (SSSR count). The van der Waals surface area contributed by atoms with Crippen molar-refractivity contribution in [3.05, 3.63) is 71.6 Å². The molecule has 2 aromatic carbocycles. The molecule has 0 atom stereocenters. The molecule has 0 aliphatic heterocycles. The van der Waals surface area contributed by atoms with Crippen LogP contribution >= 0.6 is 0 Å². The Morgan fingerprint density at radius 2 is 1.88 bits per heavy atom. The average molecular weight is 348 g/mol. The van der Waals surface area contributed by atoms with Crippen molar-refractivity contribution in [3.63, 3.8) is 0 Å². The van der Waals surface area contributed by atoms with Crippen molar-refractivity contribution in [3.8, 4) is 0 Å². The summed E-state index contributed by atoms with van der Waals surface area (Å²) in [6.07, 6.45) is 3.24. The van der Waals surface area contributed by atoms with Gasteiger partial charge in [0.25, 0.3) is 5.91 Å². The molecule has 0 bridgehead atoms. The molecule has 6 heteroatoms. The molecule has 2 N–H and O–H groups in total. The molecule has 6 nitrogen and oxygen atoms in total. The van der Waals surface area contributed by atoms with Crippen LogP contribution in [-0.4, -0.2) is 40.8 Å². The number of likely N-dealkylation sites (N-methyl/N-ethyl adjacent to an activating group) is 1. The van der Waals surface area contributed by atoms with Crippen LogP contribution in [0.1, 0.15) is 21.7 Å². The Bertz CT molecular complexity index is 924. The SMILES string of the molecule is CNC(=O)c1ccc(C=CC(=O)N(C)Cc2nc3ccccc3[nH]2)cc1. The number of nitrogens with one attached hydrogen (secondary N) is 2. The number of imidazole rings is 1. The maximum Gasteiger partial charge on any atom is 0.251 e. The molecule has 1 heterocycles. The lowest BCUT2D eigenvalue weighted by molar-refractivity contribution is -0.125. The number of H-pyrrole nitrogens is 1. The van der Waals surface area contributed by atoms with Crippen LogP contribution in [0.5, 0.6) is 0 Å². The fourth-order valence-corrected chi connectivity index (χ4v) is 2.57. The Morgan fingerprint density at radius 3 is 2.58 bits per heavy atom. The zero-order chi connectivity index (χ0) is 18.5. The first-order chi connectivity index (χ1) is 12.6. The summed E-state index contributed by atoms with van der Waals surface area (Å²) in [6, 6.07) is 14.8. The molecule has 0 unspecified atom stereocenters. The molecular formula is C20H20N4O2. The largest absolute Gasteiger partial charge is 0.355 e. The Morgan fingerprint density at radius 1 is 1.15 bits per heavy atom. The van der Waals surface area contributed by atoms with Gasteiger partial charge in [0, 0.05) is 25.7 Å². The molecular weight excluding hydrogens is 328 g/mol. The van der Waals surface area contributed by atoms with Gasteiger partial charge in [0.2, 0.25) is 5.91 Å². The van der Waals surface area contributed by atoms with Gasteiger partial charge in [0.05, 0.1) is 17.6 Å². The van der Waals surface area contributed by atoms with E-state index in [-0.39, 0.29) is 11.8 Å². The lowest BCUT2D eigenvalue weighted by Gasteiger charge is -2.13. The number of fused-ring (bicyclic) bond motifs is 1. The minimum Gasteiger partial charge on any atom is -0.355 e. The van der Waals surface area contributed by atoms with Crippen molar-refractivity contribution in [1.29, 1.82) is 0 Å². The summed E-state index contributed by atoms with van der Waals surface area (Å²) in [7, 11) is 3.32. The molecule has 3 aromatic rings.